The lowest BCUT2D eigenvalue weighted by Crippen LogP contribution is -1.83. The Morgan fingerprint density at radius 1 is 1.00 bits per heavy atom. The summed E-state index contributed by atoms with van der Waals surface area (Å²) in [5, 5.41) is 0.559. The maximum atomic E-state index is 5.82. The van der Waals surface area contributed by atoms with Crippen molar-refractivity contribution >= 4 is 26.7 Å². The van der Waals surface area contributed by atoms with E-state index in [0.29, 0.717) is 5.13 Å². The first-order valence-corrected chi connectivity index (χ1v) is 6.02. The number of hydrogen-bond donors (Lipinski definition) is 1. The van der Waals surface area contributed by atoms with Gasteiger partial charge in [0.25, 0.3) is 0 Å². The van der Waals surface area contributed by atoms with Gasteiger partial charge in [-0.05, 0) is 24.3 Å². The van der Waals surface area contributed by atoms with Gasteiger partial charge in [0.05, 0.1) is 10.2 Å². The van der Waals surface area contributed by atoms with Crippen LogP contribution in [0.15, 0.2) is 48.5 Å². The fraction of sp³-hybridized carbons (Fsp3) is 0. The van der Waals surface area contributed by atoms with Gasteiger partial charge in [0.15, 0.2) is 5.13 Å². The van der Waals surface area contributed by atoms with Gasteiger partial charge in [-0.3, -0.25) is 0 Å². The number of para-hydroxylation sites is 1. The molecule has 0 unspecified atom stereocenters. The lowest BCUT2D eigenvalue weighted by Gasteiger charge is -2.05. The predicted molar refractivity (Wildman–Crippen MR) is 70.5 cm³/mol. The van der Waals surface area contributed by atoms with Crippen molar-refractivity contribution in [3.63, 3.8) is 0 Å². The molecule has 0 atom stereocenters. The third-order valence-electron chi connectivity index (χ3n) is 2.37. The third-order valence-corrected chi connectivity index (χ3v) is 3.28. The van der Waals surface area contributed by atoms with Crippen molar-refractivity contribution in [3.05, 3.63) is 48.5 Å². The molecule has 0 saturated carbocycles. The van der Waals surface area contributed by atoms with Gasteiger partial charge in [0, 0.05) is 0 Å². The number of nitrogens with two attached hydrogens (primary N) is 1. The second-order valence-electron chi connectivity index (χ2n) is 3.57. The minimum Gasteiger partial charge on any atom is -0.456 e. The number of thiazole rings is 1. The highest BCUT2D eigenvalue weighted by molar-refractivity contribution is 7.22. The summed E-state index contributed by atoms with van der Waals surface area (Å²) < 4.78 is 6.80. The van der Waals surface area contributed by atoms with Gasteiger partial charge >= 0.3 is 0 Å². The van der Waals surface area contributed by atoms with Gasteiger partial charge in [0.2, 0.25) is 0 Å². The number of aromatic nitrogens is 1. The molecule has 3 nitrogen and oxygen atoms in total. The number of nitrogens with zero attached hydrogens (tertiary/aromatic N) is 1. The van der Waals surface area contributed by atoms with Gasteiger partial charge in [-0.25, -0.2) is 4.98 Å². The smallest absolute Gasteiger partial charge is 0.181 e. The molecule has 1 heterocycles. The average molecular weight is 242 g/mol. The highest BCUT2D eigenvalue weighted by Crippen LogP contribution is 2.34. The van der Waals surface area contributed by atoms with Crippen LogP contribution in [0.2, 0.25) is 0 Å². The molecular formula is C13H10N2OS. The lowest BCUT2D eigenvalue weighted by atomic mass is 10.3. The second-order valence-corrected chi connectivity index (χ2v) is 4.60. The summed E-state index contributed by atoms with van der Waals surface area (Å²) in [6.07, 6.45) is 0. The van der Waals surface area contributed by atoms with E-state index in [1.165, 1.54) is 11.3 Å². The fourth-order valence-electron chi connectivity index (χ4n) is 1.64. The fourth-order valence-corrected chi connectivity index (χ4v) is 2.42. The molecule has 0 aliphatic heterocycles. The number of rotatable bonds is 2. The topological polar surface area (TPSA) is 48.1 Å². The highest BCUT2D eigenvalue weighted by Gasteiger charge is 2.07. The van der Waals surface area contributed by atoms with Crippen LogP contribution in [0.5, 0.6) is 11.5 Å². The molecule has 0 amide bonds. The molecule has 84 valence electrons. The van der Waals surface area contributed by atoms with Crippen molar-refractivity contribution < 1.29 is 4.74 Å². The standard InChI is InChI=1S/C13H10N2OS/c14-13-15-10-7-4-8-11(12(10)17-13)16-9-5-2-1-3-6-9/h1-8H,(H2,14,15). The van der Waals surface area contributed by atoms with Crippen molar-refractivity contribution in [2.24, 2.45) is 0 Å². The maximum Gasteiger partial charge on any atom is 0.181 e. The molecule has 0 fully saturated rings. The normalized spacial score (nSPS) is 10.6. The molecule has 4 heteroatoms. The number of benzene rings is 2. The molecule has 0 saturated heterocycles. The molecule has 0 bridgehead atoms. The Morgan fingerprint density at radius 3 is 2.65 bits per heavy atom. The summed E-state index contributed by atoms with van der Waals surface area (Å²) >= 11 is 1.44. The SMILES string of the molecule is Nc1nc2cccc(Oc3ccccc3)c2s1. The maximum absolute atomic E-state index is 5.82. The quantitative estimate of drug-likeness (QED) is 0.745. The molecule has 0 radical (unpaired) electrons. The molecule has 3 rings (SSSR count). The molecule has 2 aromatic carbocycles. The molecule has 0 aliphatic rings. The molecule has 2 N–H and O–H groups in total. The highest BCUT2D eigenvalue weighted by atomic mass is 32.1. The molecule has 0 aliphatic carbocycles. The molecule has 17 heavy (non-hydrogen) atoms. The Bertz CT molecular complexity index is 649. The van der Waals surface area contributed by atoms with E-state index >= 15 is 0 Å². The summed E-state index contributed by atoms with van der Waals surface area (Å²) in [5.74, 6) is 1.61. The summed E-state index contributed by atoms with van der Waals surface area (Å²) in [7, 11) is 0. The number of anilines is 1. The zero-order valence-corrected chi connectivity index (χ0v) is 9.78. The van der Waals surface area contributed by atoms with Gasteiger partial charge in [0.1, 0.15) is 11.5 Å². The number of ether oxygens (including phenoxy) is 1. The summed E-state index contributed by atoms with van der Waals surface area (Å²) in [6, 6.07) is 15.4. The van der Waals surface area contributed by atoms with E-state index in [0.717, 1.165) is 21.7 Å². The first-order chi connectivity index (χ1) is 8.33. The third kappa shape index (κ3) is 1.94. The van der Waals surface area contributed by atoms with Crippen LogP contribution in [0.3, 0.4) is 0 Å². The van der Waals surface area contributed by atoms with Crippen LogP contribution >= 0.6 is 11.3 Å². The van der Waals surface area contributed by atoms with E-state index < -0.39 is 0 Å². The van der Waals surface area contributed by atoms with Crippen LogP contribution < -0.4 is 10.5 Å². The Kier molecular flexibility index (Phi) is 2.42. The van der Waals surface area contributed by atoms with E-state index in [-0.39, 0.29) is 0 Å². The first kappa shape index (κ1) is 10.1. The largest absolute Gasteiger partial charge is 0.456 e. The zero-order valence-electron chi connectivity index (χ0n) is 8.96. The van der Waals surface area contributed by atoms with E-state index in [2.05, 4.69) is 4.98 Å². The van der Waals surface area contributed by atoms with Crippen molar-refractivity contribution in [1.82, 2.24) is 4.98 Å². The Hall–Kier alpha value is -2.07. The zero-order chi connectivity index (χ0) is 11.7. The van der Waals surface area contributed by atoms with Crippen molar-refractivity contribution in [1.29, 1.82) is 0 Å². The summed E-state index contributed by atoms with van der Waals surface area (Å²) in [6.45, 7) is 0. The first-order valence-electron chi connectivity index (χ1n) is 5.21. The van der Waals surface area contributed by atoms with E-state index in [4.69, 9.17) is 10.5 Å². The number of fused-ring (bicyclic) bond motifs is 1. The summed E-state index contributed by atoms with van der Waals surface area (Å²) in [5.41, 5.74) is 6.58. The van der Waals surface area contributed by atoms with Gasteiger partial charge in [-0.15, -0.1) is 0 Å². The van der Waals surface area contributed by atoms with Crippen molar-refractivity contribution in [2.75, 3.05) is 5.73 Å². The van der Waals surface area contributed by atoms with E-state index in [9.17, 15) is 0 Å². The number of nitrogen functional groups attached to an aromatic ring is 1. The minimum absolute atomic E-state index is 0.559. The Labute approximate surface area is 102 Å². The van der Waals surface area contributed by atoms with E-state index in [1.807, 2.05) is 48.5 Å². The number of hydrogen-bond acceptors (Lipinski definition) is 4. The Morgan fingerprint density at radius 2 is 1.82 bits per heavy atom. The molecule has 3 aromatic rings. The van der Waals surface area contributed by atoms with Crippen LogP contribution in [0.4, 0.5) is 5.13 Å². The second kappa shape index (κ2) is 4.07. The molecule has 1 aromatic heterocycles. The van der Waals surface area contributed by atoms with Gasteiger partial charge in [-0.1, -0.05) is 35.6 Å². The molecular weight excluding hydrogens is 232 g/mol. The molecule has 0 spiro atoms. The van der Waals surface area contributed by atoms with Crippen molar-refractivity contribution in [2.45, 2.75) is 0 Å². The lowest BCUT2D eigenvalue weighted by molar-refractivity contribution is 0.489. The van der Waals surface area contributed by atoms with E-state index in [1.54, 1.807) is 0 Å². The average Bonchev–Trinajstić information content (AvgIpc) is 2.72. The van der Waals surface area contributed by atoms with Gasteiger partial charge in [-0.2, -0.15) is 0 Å². The Balaban J connectivity index is 2.06. The summed E-state index contributed by atoms with van der Waals surface area (Å²) in [4.78, 5) is 4.23. The van der Waals surface area contributed by atoms with Crippen LogP contribution in [0, 0.1) is 0 Å². The monoisotopic (exact) mass is 242 g/mol. The van der Waals surface area contributed by atoms with Crippen LogP contribution in [-0.2, 0) is 0 Å². The van der Waals surface area contributed by atoms with Crippen LogP contribution in [0.1, 0.15) is 0 Å². The minimum atomic E-state index is 0.559. The van der Waals surface area contributed by atoms with Gasteiger partial charge < -0.3 is 10.5 Å². The van der Waals surface area contributed by atoms with Crippen LogP contribution in [-0.4, -0.2) is 4.98 Å². The van der Waals surface area contributed by atoms with Crippen molar-refractivity contribution in [3.8, 4) is 11.5 Å². The predicted octanol–water partition coefficient (Wildman–Crippen LogP) is 3.67. The van der Waals surface area contributed by atoms with Crippen LogP contribution in [0.25, 0.3) is 10.2 Å².